The molecular weight excluding hydrogens is 308 g/mol. The van der Waals surface area contributed by atoms with Crippen LogP contribution >= 0.6 is 15.9 Å². The number of amides is 1. The highest BCUT2D eigenvalue weighted by Crippen LogP contribution is 2.28. The summed E-state index contributed by atoms with van der Waals surface area (Å²) < 4.78 is 6.13. The number of carbonyl (C=O) groups is 1. The van der Waals surface area contributed by atoms with E-state index >= 15 is 0 Å². The van der Waals surface area contributed by atoms with Gasteiger partial charge < -0.3 is 14.5 Å². The molecule has 2 rings (SSSR count). The Morgan fingerprint density at radius 1 is 1.32 bits per heavy atom. The van der Waals surface area contributed by atoms with Gasteiger partial charge in [-0.2, -0.15) is 0 Å². The van der Waals surface area contributed by atoms with Gasteiger partial charge in [0.15, 0.2) is 0 Å². The Morgan fingerprint density at radius 3 is 2.58 bits per heavy atom. The molecular formula is C14H19BrN2O2. The average Bonchev–Trinajstić information content (AvgIpc) is 2.39. The summed E-state index contributed by atoms with van der Waals surface area (Å²) in [6.45, 7) is 7.42. The van der Waals surface area contributed by atoms with Gasteiger partial charge in [0, 0.05) is 30.7 Å². The number of benzene rings is 1. The van der Waals surface area contributed by atoms with E-state index in [1.807, 2.05) is 6.92 Å². The van der Waals surface area contributed by atoms with Crippen LogP contribution in [0, 0.1) is 6.92 Å². The lowest BCUT2D eigenvalue weighted by atomic mass is 10.2. The van der Waals surface area contributed by atoms with E-state index < -0.39 is 0 Å². The van der Waals surface area contributed by atoms with Crippen molar-refractivity contribution in [3.05, 3.63) is 28.2 Å². The number of hydrogen-bond donors (Lipinski definition) is 0. The number of rotatable bonds is 2. The Balaban J connectivity index is 1.98. The number of nitrogens with zero attached hydrogens (tertiary/aromatic N) is 2. The van der Waals surface area contributed by atoms with Gasteiger partial charge in [0.2, 0.25) is 0 Å². The molecule has 19 heavy (non-hydrogen) atoms. The van der Waals surface area contributed by atoms with Crippen LogP contribution in [0.2, 0.25) is 0 Å². The molecule has 1 amide bonds. The van der Waals surface area contributed by atoms with Crippen LogP contribution in [0.4, 0.5) is 10.5 Å². The first-order valence-electron chi connectivity index (χ1n) is 6.54. The van der Waals surface area contributed by atoms with E-state index in [0.29, 0.717) is 19.7 Å². The fourth-order valence-corrected chi connectivity index (χ4v) is 2.96. The zero-order valence-corrected chi connectivity index (χ0v) is 12.9. The molecule has 0 saturated carbocycles. The number of piperazine rings is 1. The molecule has 0 N–H and O–H groups in total. The molecule has 0 atom stereocenters. The average molecular weight is 327 g/mol. The van der Waals surface area contributed by atoms with Crippen LogP contribution in [0.5, 0.6) is 0 Å². The summed E-state index contributed by atoms with van der Waals surface area (Å²) in [6, 6.07) is 6.35. The first-order valence-corrected chi connectivity index (χ1v) is 7.34. The Bertz CT molecular complexity index is 457. The van der Waals surface area contributed by atoms with Crippen molar-refractivity contribution in [3.63, 3.8) is 0 Å². The van der Waals surface area contributed by atoms with E-state index in [2.05, 4.69) is 46.0 Å². The number of ether oxygens (including phenoxy) is 1. The number of aryl methyl sites for hydroxylation is 1. The Morgan fingerprint density at radius 2 is 2.00 bits per heavy atom. The predicted molar refractivity (Wildman–Crippen MR) is 79.7 cm³/mol. The number of halogens is 1. The third-order valence-corrected chi connectivity index (χ3v) is 3.88. The van der Waals surface area contributed by atoms with Crippen LogP contribution in [-0.4, -0.2) is 43.8 Å². The van der Waals surface area contributed by atoms with Crippen LogP contribution in [-0.2, 0) is 4.74 Å². The molecule has 104 valence electrons. The number of anilines is 1. The van der Waals surface area contributed by atoms with E-state index in [-0.39, 0.29) is 6.09 Å². The summed E-state index contributed by atoms with van der Waals surface area (Å²) in [6.07, 6.45) is -0.204. The molecule has 1 heterocycles. The maximum Gasteiger partial charge on any atom is 0.409 e. The van der Waals surface area contributed by atoms with E-state index in [1.165, 1.54) is 11.3 Å². The molecule has 0 aromatic heterocycles. The molecule has 0 radical (unpaired) electrons. The first-order chi connectivity index (χ1) is 9.11. The zero-order valence-electron chi connectivity index (χ0n) is 11.4. The van der Waals surface area contributed by atoms with Crippen molar-refractivity contribution in [1.82, 2.24) is 4.90 Å². The van der Waals surface area contributed by atoms with E-state index in [4.69, 9.17) is 4.74 Å². The highest BCUT2D eigenvalue weighted by Gasteiger charge is 2.22. The van der Waals surface area contributed by atoms with Gasteiger partial charge in [0.1, 0.15) is 0 Å². The van der Waals surface area contributed by atoms with Crippen molar-refractivity contribution in [2.75, 3.05) is 37.7 Å². The minimum absolute atomic E-state index is 0.204. The standard InChI is InChI=1S/C14H19BrN2O2/c1-3-19-14(18)17-8-6-16(7-9-17)13-5-4-11(2)10-12(13)15/h4-5,10H,3,6-9H2,1-2H3. The lowest BCUT2D eigenvalue weighted by Crippen LogP contribution is -2.49. The number of carbonyl (C=O) groups excluding carboxylic acids is 1. The third kappa shape index (κ3) is 3.41. The summed E-state index contributed by atoms with van der Waals surface area (Å²) in [5.41, 5.74) is 2.43. The van der Waals surface area contributed by atoms with Gasteiger partial charge in [-0.05, 0) is 47.5 Å². The van der Waals surface area contributed by atoms with E-state index in [1.54, 1.807) is 4.90 Å². The second-order valence-corrected chi connectivity index (χ2v) is 5.48. The van der Waals surface area contributed by atoms with Gasteiger partial charge in [-0.15, -0.1) is 0 Å². The summed E-state index contributed by atoms with van der Waals surface area (Å²) in [4.78, 5) is 15.7. The van der Waals surface area contributed by atoms with E-state index in [0.717, 1.165) is 17.6 Å². The molecule has 1 fully saturated rings. The van der Waals surface area contributed by atoms with E-state index in [9.17, 15) is 4.79 Å². The minimum Gasteiger partial charge on any atom is -0.450 e. The largest absolute Gasteiger partial charge is 0.450 e. The van der Waals surface area contributed by atoms with Crippen LogP contribution in [0.1, 0.15) is 12.5 Å². The third-order valence-electron chi connectivity index (χ3n) is 3.25. The van der Waals surface area contributed by atoms with Gasteiger partial charge in [-0.1, -0.05) is 6.07 Å². The van der Waals surface area contributed by atoms with Crippen molar-refractivity contribution >= 4 is 27.7 Å². The Hall–Kier alpha value is -1.23. The fourth-order valence-electron chi connectivity index (χ4n) is 2.21. The molecule has 4 nitrogen and oxygen atoms in total. The SMILES string of the molecule is CCOC(=O)N1CCN(c2ccc(C)cc2Br)CC1. The molecule has 1 aliphatic rings. The van der Waals surface area contributed by atoms with Gasteiger partial charge >= 0.3 is 6.09 Å². The van der Waals surface area contributed by atoms with Gasteiger partial charge in [-0.3, -0.25) is 0 Å². The first kappa shape index (κ1) is 14.2. The van der Waals surface area contributed by atoms with Crippen molar-refractivity contribution in [3.8, 4) is 0 Å². The molecule has 0 aliphatic carbocycles. The van der Waals surface area contributed by atoms with Crippen molar-refractivity contribution in [2.24, 2.45) is 0 Å². The molecule has 1 aromatic rings. The van der Waals surface area contributed by atoms with Crippen LogP contribution < -0.4 is 4.90 Å². The quantitative estimate of drug-likeness (QED) is 0.837. The Kier molecular flexibility index (Phi) is 4.69. The normalized spacial score (nSPS) is 15.5. The molecule has 1 aliphatic heterocycles. The summed E-state index contributed by atoms with van der Waals surface area (Å²) in [5.74, 6) is 0. The highest BCUT2D eigenvalue weighted by atomic mass is 79.9. The summed E-state index contributed by atoms with van der Waals surface area (Å²) >= 11 is 3.60. The lowest BCUT2D eigenvalue weighted by Gasteiger charge is -2.36. The molecule has 0 unspecified atom stereocenters. The molecule has 1 saturated heterocycles. The topological polar surface area (TPSA) is 32.8 Å². The maximum absolute atomic E-state index is 11.6. The van der Waals surface area contributed by atoms with Crippen LogP contribution in [0.15, 0.2) is 22.7 Å². The minimum atomic E-state index is -0.204. The second-order valence-electron chi connectivity index (χ2n) is 4.63. The lowest BCUT2D eigenvalue weighted by molar-refractivity contribution is 0.105. The second kappa shape index (κ2) is 6.28. The molecule has 5 heteroatoms. The number of hydrogen-bond acceptors (Lipinski definition) is 3. The fraction of sp³-hybridized carbons (Fsp3) is 0.500. The van der Waals surface area contributed by atoms with Crippen molar-refractivity contribution in [2.45, 2.75) is 13.8 Å². The monoisotopic (exact) mass is 326 g/mol. The maximum atomic E-state index is 11.6. The predicted octanol–water partition coefficient (Wildman–Crippen LogP) is 3.04. The zero-order chi connectivity index (χ0) is 13.8. The Labute approximate surface area is 122 Å². The van der Waals surface area contributed by atoms with Crippen LogP contribution in [0.3, 0.4) is 0 Å². The smallest absolute Gasteiger partial charge is 0.409 e. The molecule has 0 bridgehead atoms. The van der Waals surface area contributed by atoms with Gasteiger partial charge in [-0.25, -0.2) is 4.79 Å². The van der Waals surface area contributed by atoms with Crippen molar-refractivity contribution in [1.29, 1.82) is 0 Å². The molecule has 1 aromatic carbocycles. The summed E-state index contributed by atoms with van der Waals surface area (Å²) in [7, 11) is 0. The van der Waals surface area contributed by atoms with Crippen molar-refractivity contribution < 1.29 is 9.53 Å². The van der Waals surface area contributed by atoms with Gasteiger partial charge in [0.25, 0.3) is 0 Å². The van der Waals surface area contributed by atoms with Crippen LogP contribution in [0.25, 0.3) is 0 Å². The molecule has 0 spiro atoms. The van der Waals surface area contributed by atoms with Gasteiger partial charge in [0.05, 0.1) is 12.3 Å². The summed E-state index contributed by atoms with van der Waals surface area (Å²) in [5, 5.41) is 0. The highest BCUT2D eigenvalue weighted by molar-refractivity contribution is 9.10.